The van der Waals surface area contributed by atoms with Gasteiger partial charge in [-0.1, -0.05) is 18.2 Å². The molecule has 1 fully saturated rings. The molecule has 0 bridgehead atoms. The molecule has 4 aromatic rings. The Morgan fingerprint density at radius 1 is 0.966 bits per heavy atom. The molecule has 29 heavy (non-hydrogen) atoms. The van der Waals surface area contributed by atoms with Gasteiger partial charge >= 0.3 is 5.69 Å². The number of imidazole rings is 1. The van der Waals surface area contributed by atoms with Crippen LogP contribution in [0.1, 0.15) is 18.9 Å². The molecule has 0 amide bonds. The Hall–Kier alpha value is -3.65. The number of hydrogen-bond donors (Lipinski definition) is 2. The Bertz CT molecular complexity index is 1220. The lowest BCUT2D eigenvalue weighted by Crippen LogP contribution is -2.41. The van der Waals surface area contributed by atoms with Gasteiger partial charge in [0.2, 0.25) is 0 Å². The summed E-state index contributed by atoms with van der Waals surface area (Å²) in [4.78, 5) is 21.7. The van der Waals surface area contributed by atoms with Crippen molar-refractivity contribution in [1.29, 1.82) is 0 Å². The lowest BCUT2D eigenvalue weighted by Gasteiger charge is -2.32. The standard InChI is InChI=1S/C21H20N6O2/c22-13-10-15(11-13)27-20-18(19(23)24-12-25-20)26(21(27)28)14-6-8-17(9-7-14)29-16-4-2-1-3-5-16/h1-9,12-13,15H,10-11,22H2,(H2,23,24,25)/t13-,15+. The maximum absolute atomic E-state index is 13.3. The van der Waals surface area contributed by atoms with Crippen LogP contribution in [0.4, 0.5) is 5.82 Å². The number of anilines is 1. The Morgan fingerprint density at radius 3 is 2.34 bits per heavy atom. The van der Waals surface area contributed by atoms with E-state index in [4.69, 9.17) is 16.2 Å². The molecule has 0 aliphatic heterocycles. The van der Waals surface area contributed by atoms with E-state index in [0.29, 0.717) is 22.6 Å². The number of aromatic nitrogens is 4. The lowest BCUT2D eigenvalue weighted by atomic mass is 9.87. The highest BCUT2D eigenvalue weighted by Crippen LogP contribution is 2.33. The molecule has 5 rings (SSSR count). The van der Waals surface area contributed by atoms with Gasteiger partial charge in [0.25, 0.3) is 0 Å². The molecular weight excluding hydrogens is 368 g/mol. The summed E-state index contributed by atoms with van der Waals surface area (Å²) in [5, 5.41) is 0. The largest absolute Gasteiger partial charge is 0.457 e. The van der Waals surface area contributed by atoms with E-state index in [1.807, 2.05) is 54.6 Å². The molecule has 0 unspecified atom stereocenters. The number of hydrogen-bond acceptors (Lipinski definition) is 6. The number of para-hydroxylation sites is 1. The second-order valence-corrected chi connectivity index (χ2v) is 7.21. The third-order valence-electron chi connectivity index (χ3n) is 5.27. The smallest absolute Gasteiger partial charge is 0.335 e. The predicted molar refractivity (Wildman–Crippen MR) is 110 cm³/mol. The zero-order valence-electron chi connectivity index (χ0n) is 15.6. The minimum Gasteiger partial charge on any atom is -0.457 e. The van der Waals surface area contributed by atoms with Crippen LogP contribution in [0, 0.1) is 0 Å². The molecule has 1 aliphatic carbocycles. The van der Waals surface area contributed by atoms with E-state index < -0.39 is 0 Å². The third-order valence-corrected chi connectivity index (χ3v) is 5.27. The monoisotopic (exact) mass is 388 g/mol. The number of ether oxygens (including phenoxy) is 1. The summed E-state index contributed by atoms with van der Waals surface area (Å²) in [6, 6.07) is 16.9. The Kier molecular flexibility index (Phi) is 4.06. The number of benzene rings is 2. The van der Waals surface area contributed by atoms with Crippen molar-refractivity contribution in [2.24, 2.45) is 5.73 Å². The molecule has 2 aromatic carbocycles. The van der Waals surface area contributed by atoms with Crippen molar-refractivity contribution in [3.8, 4) is 17.2 Å². The highest BCUT2D eigenvalue weighted by molar-refractivity contribution is 5.84. The molecule has 0 radical (unpaired) electrons. The molecule has 0 spiro atoms. The Morgan fingerprint density at radius 2 is 1.66 bits per heavy atom. The van der Waals surface area contributed by atoms with Crippen LogP contribution in [0.2, 0.25) is 0 Å². The summed E-state index contributed by atoms with van der Waals surface area (Å²) in [5.41, 5.74) is 13.6. The van der Waals surface area contributed by atoms with E-state index in [1.54, 1.807) is 9.13 Å². The van der Waals surface area contributed by atoms with Gasteiger partial charge in [-0.2, -0.15) is 0 Å². The maximum Gasteiger partial charge on any atom is 0.335 e. The molecule has 2 aromatic heterocycles. The number of fused-ring (bicyclic) bond motifs is 1. The van der Waals surface area contributed by atoms with Gasteiger partial charge in [-0.05, 0) is 49.2 Å². The molecule has 0 saturated heterocycles. The van der Waals surface area contributed by atoms with Gasteiger partial charge in [0.05, 0.1) is 5.69 Å². The van der Waals surface area contributed by atoms with Crippen LogP contribution in [-0.4, -0.2) is 25.1 Å². The van der Waals surface area contributed by atoms with Gasteiger partial charge < -0.3 is 16.2 Å². The maximum atomic E-state index is 13.3. The van der Waals surface area contributed by atoms with E-state index >= 15 is 0 Å². The molecule has 8 heteroatoms. The van der Waals surface area contributed by atoms with Gasteiger partial charge in [-0.3, -0.25) is 9.13 Å². The fourth-order valence-corrected chi connectivity index (χ4v) is 3.76. The summed E-state index contributed by atoms with van der Waals surface area (Å²) in [5.74, 6) is 1.68. The predicted octanol–water partition coefficient (Wildman–Crippen LogP) is 2.62. The average molecular weight is 388 g/mol. The summed E-state index contributed by atoms with van der Waals surface area (Å²) in [6.45, 7) is 0. The van der Waals surface area contributed by atoms with Crippen LogP contribution < -0.4 is 21.9 Å². The number of nitrogen functional groups attached to an aromatic ring is 1. The second kappa shape index (κ2) is 6.75. The minimum atomic E-state index is -0.194. The van der Waals surface area contributed by atoms with Crippen LogP contribution in [-0.2, 0) is 0 Å². The normalized spacial score (nSPS) is 18.5. The van der Waals surface area contributed by atoms with Crippen molar-refractivity contribution in [2.75, 3.05) is 5.73 Å². The molecule has 8 nitrogen and oxygen atoms in total. The first-order valence-corrected chi connectivity index (χ1v) is 9.44. The first-order chi connectivity index (χ1) is 14.1. The van der Waals surface area contributed by atoms with E-state index in [1.165, 1.54) is 6.33 Å². The van der Waals surface area contributed by atoms with Crippen molar-refractivity contribution in [1.82, 2.24) is 19.1 Å². The van der Waals surface area contributed by atoms with Gasteiger partial charge in [0.15, 0.2) is 11.5 Å². The second-order valence-electron chi connectivity index (χ2n) is 7.21. The van der Waals surface area contributed by atoms with Gasteiger partial charge in [0.1, 0.15) is 23.3 Å². The molecule has 2 heterocycles. The van der Waals surface area contributed by atoms with Crippen molar-refractivity contribution in [3.63, 3.8) is 0 Å². The Balaban J connectivity index is 1.58. The molecular formula is C21H20N6O2. The van der Waals surface area contributed by atoms with Crippen LogP contribution in [0.15, 0.2) is 65.7 Å². The molecule has 0 atom stereocenters. The lowest BCUT2D eigenvalue weighted by molar-refractivity contribution is 0.265. The first kappa shape index (κ1) is 17.4. The number of rotatable bonds is 4. The topological polar surface area (TPSA) is 114 Å². The van der Waals surface area contributed by atoms with Crippen molar-refractivity contribution in [3.05, 3.63) is 71.4 Å². The average Bonchev–Trinajstić information content (AvgIpc) is 3.00. The van der Waals surface area contributed by atoms with Gasteiger partial charge in [0, 0.05) is 12.1 Å². The van der Waals surface area contributed by atoms with Gasteiger partial charge in [-0.15, -0.1) is 0 Å². The molecule has 146 valence electrons. The highest BCUT2D eigenvalue weighted by Gasteiger charge is 2.32. The summed E-state index contributed by atoms with van der Waals surface area (Å²) in [7, 11) is 0. The van der Waals surface area contributed by atoms with Crippen LogP contribution >= 0.6 is 0 Å². The van der Waals surface area contributed by atoms with E-state index in [2.05, 4.69) is 9.97 Å². The zero-order valence-corrected chi connectivity index (χ0v) is 15.6. The summed E-state index contributed by atoms with van der Waals surface area (Å²) < 4.78 is 9.08. The fraction of sp³-hybridized carbons (Fsp3) is 0.190. The molecule has 1 aliphatic rings. The summed E-state index contributed by atoms with van der Waals surface area (Å²) in [6.07, 6.45) is 2.87. The first-order valence-electron chi connectivity index (χ1n) is 9.44. The Labute approximate surface area is 166 Å². The van der Waals surface area contributed by atoms with Crippen molar-refractivity contribution in [2.45, 2.75) is 24.9 Å². The van der Waals surface area contributed by atoms with Gasteiger partial charge in [-0.25, -0.2) is 14.8 Å². The van der Waals surface area contributed by atoms with E-state index in [9.17, 15) is 4.79 Å². The van der Waals surface area contributed by atoms with Crippen LogP contribution in [0.5, 0.6) is 11.5 Å². The van der Waals surface area contributed by atoms with Crippen LogP contribution in [0.25, 0.3) is 16.9 Å². The van der Waals surface area contributed by atoms with E-state index in [0.717, 1.165) is 18.6 Å². The highest BCUT2D eigenvalue weighted by atomic mass is 16.5. The SMILES string of the molecule is Nc1ncnc2c1n(-c1ccc(Oc3ccccc3)cc1)c(=O)n2[C@H]1C[C@@H](N)C1. The van der Waals surface area contributed by atoms with Crippen LogP contribution in [0.3, 0.4) is 0 Å². The fourth-order valence-electron chi connectivity index (χ4n) is 3.76. The minimum absolute atomic E-state index is 0.0243. The van der Waals surface area contributed by atoms with E-state index in [-0.39, 0.29) is 23.6 Å². The van der Waals surface area contributed by atoms with Crippen molar-refractivity contribution < 1.29 is 4.74 Å². The zero-order chi connectivity index (χ0) is 20.0. The summed E-state index contributed by atoms with van der Waals surface area (Å²) >= 11 is 0. The quantitative estimate of drug-likeness (QED) is 0.555. The molecule has 4 N–H and O–H groups in total. The third kappa shape index (κ3) is 2.94. The number of nitrogens with two attached hydrogens (primary N) is 2. The van der Waals surface area contributed by atoms with Crippen molar-refractivity contribution >= 4 is 17.0 Å². The number of nitrogens with zero attached hydrogens (tertiary/aromatic N) is 4. The molecule has 1 saturated carbocycles.